The molecule has 2 fully saturated rings. The van der Waals surface area contributed by atoms with Crippen LogP contribution in [0.15, 0.2) is 6.20 Å². The number of hydrogen-bond acceptors (Lipinski definition) is 3. The second-order valence-corrected chi connectivity index (χ2v) is 7.55. The number of rotatable bonds is 5. The zero-order chi connectivity index (χ0) is 16.5. The summed E-state index contributed by atoms with van der Waals surface area (Å²) in [5, 5.41) is 3.01. The third-order valence-electron chi connectivity index (χ3n) is 5.55. The van der Waals surface area contributed by atoms with Gasteiger partial charge in [0.1, 0.15) is 5.69 Å². The van der Waals surface area contributed by atoms with Crippen LogP contribution in [-0.4, -0.2) is 45.9 Å². The van der Waals surface area contributed by atoms with Crippen molar-refractivity contribution in [2.45, 2.75) is 51.5 Å². The van der Waals surface area contributed by atoms with Gasteiger partial charge in [0, 0.05) is 32.4 Å². The maximum absolute atomic E-state index is 12.5. The van der Waals surface area contributed by atoms with E-state index >= 15 is 0 Å². The van der Waals surface area contributed by atoms with Crippen LogP contribution in [0.25, 0.3) is 0 Å². The number of aromatic nitrogens is 2. The Morgan fingerprint density at radius 3 is 2.67 bits per heavy atom. The average Bonchev–Trinajstić information content (AvgIpc) is 3.31. The van der Waals surface area contributed by atoms with Gasteiger partial charge in [-0.2, -0.15) is 0 Å². The molecule has 4 rings (SSSR count). The standard InChI is InChI=1S/C18H26N4O2/c23-17(19-10-13-4-2-1-3-5-13)15-12-21-8-9-22(11-14-6-7-14)18(24)16(21)20-15/h12-14H,1-11H2,(H,19,23). The van der Waals surface area contributed by atoms with Gasteiger partial charge in [0.25, 0.3) is 11.8 Å². The van der Waals surface area contributed by atoms with Crippen LogP contribution in [0.3, 0.4) is 0 Å². The Balaban J connectivity index is 1.38. The average molecular weight is 330 g/mol. The molecule has 0 spiro atoms. The molecule has 2 heterocycles. The summed E-state index contributed by atoms with van der Waals surface area (Å²) in [5.41, 5.74) is 0.377. The minimum absolute atomic E-state index is 0.0283. The van der Waals surface area contributed by atoms with Crippen molar-refractivity contribution in [1.29, 1.82) is 0 Å². The molecule has 24 heavy (non-hydrogen) atoms. The van der Waals surface area contributed by atoms with Crippen LogP contribution in [0.5, 0.6) is 0 Å². The van der Waals surface area contributed by atoms with Gasteiger partial charge in [0.05, 0.1) is 0 Å². The molecule has 6 heteroatoms. The van der Waals surface area contributed by atoms with Gasteiger partial charge in [0.2, 0.25) is 0 Å². The molecule has 6 nitrogen and oxygen atoms in total. The maximum atomic E-state index is 12.5. The fourth-order valence-electron chi connectivity index (χ4n) is 3.84. The minimum Gasteiger partial charge on any atom is -0.350 e. The van der Waals surface area contributed by atoms with Gasteiger partial charge in [-0.1, -0.05) is 19.3 Å². The molecule has 0 radical (unpaired) electrons. The van der Waals surface area contributed by atoms with Crippen LogP contribution < -0.4 is 5.32 Å². The third-order valence-corrected chi connectivity index (χ3v) is 5.55. The number of amides is 2. The Morgan fingerprint density at radius 1 is 1.12 bits per heavy atom. The van der Waals surface area contributed by atoms with Crippen LogP contribution in [-0.2, 0) is 6.54 Å². The van der Waals surface area contributed by atoms with Crippen LogP contribution in [0, 0.1) is 11.8 Å². The van der Waals surface area contributed by atoms with Crippen molar-refractivity contribution in [2.75, 3.05) is 19.6 Å². The zero-order valence-corrected chi connectivity index (χ0v) is 14.2. The van der Waals surface area contributed by atoms with Gasteiger partial charge in [-0.3, -0.25) is 9.59 Å². The van der Waals surface area contributed by atoms with Gasteiger partial charge in [0.15, 0.2) is 5.82 Å². The van der Waals surface area contributed by atoms with Gasteiger partial charge in [-0.15, -0.1) is 0 Å². The highest BCUT2D eigenvalue weighted by atomic mass is 16.2. The van der Waals surface area contributed by atoms with E-state index < -0.39 is 0 Å². The second kappa shape index (κ2) is 6.57. The van der Waals surface area contributed by atoms with Crippen LogP contribution in [0.1, 0.15) is 66.1 Å². The van der Waals surface area contributed by atoms with Crippen LogP contribution in [0.2, 0.25) is 0 Å². The first-order valence-corrected chi connectivity index (χ1v) is 9.35. The Labute approximate surface area is 142 Å². The molecule has 0 saturated heterocycles. The van der Waals surface area contributed by atoms with Gasteiger partial charge in [-0.25, -0.2) is 4.98 Å². The van der Waals surface area contributed by atoms with Crippen molar-refractivity contribution in [2.24, 2.45) is 11.8 Å². The summed E-state index contributed by atoms with van der Waals surface area (Å²) in [6, 6.07) is 0. The summed E-state index contributed by atoms with van der Waals surface area (Å²) < 4.78 is 1.83. The van der Waals surface area contributed by atoms with E-state index in [1.807, 2.05) is 9.47 Å². The molecule has 0 atom stereocenters. The lowest BCUT2D eigenvalue weighted by atomic mass is 9.89. The molecular weight excluding hydrogens is 304 g/mol. The first kappa shape index (κ1) is 15.7. The minimum atomic E-state index is -0.149. The number of carbonyl (C=O) groups excluding carboxylic acids is 2. The molecule has 1 N–H and O–H groups in total. The number of hydrogen-bond donors (Lipinski definition) is 1. The van der Waals surface area contributed by atoms with E-state index in [0.717, 1.165) is 26.2 Å². The Kier molecular flexibility index (Phi) is 4.29. The van der Waals surface area contributed by atoms with E-state index in [0.29, 0.717) is 23.4 Å². The highest BCUT2D eigenvalue weighted by molar-refractivity contribution is 5.96. The van der Waals surface area contributed by atoms with E-state index in [9.17, 15) is 9.59 Å². The molecule has 2 aliphatic carbocycles. The molecule has 130 valence electrons. The molecule has 0 bridgehead atoms. The van der Waals surface area contributed by atoms with Gasteiger partial charge < -0.3 is 14.8 Å². The Bertz CT molecular complexity index is 629. The third kappa shape index (κ3) is 3.32. The van der Waals surface area contributed by atoms with Crippen LogP contribution in [0.4, 0.5) is 0 Å². The Morgan fingerprint density at radius 2 is 1.92 bits per heavy atom. The molecule has 1 aliphatic heterocycles. The van der Waals surface area contributed by atoms with E-state index in [1.54, 1.807) is 6.20 Å². The summed E-state index contributed by atoms with van der Waals surface area (Å²) in [4.78, 5) is 31.1. The zero-order valence-electron chi connectivity index (χ0n) is 14.2. The monoisotopic (exact) mass is 330 g/mol. The summed E-state index contributed by atoms with van der Waals surface area (Å²) in [6.07, 6.45) is 10.5. The topological polar surface area (TPSA) is 67.2 Å². The van der Waals surface area contributed by atoms with Crippen LogP contribution >= 0.6 is 0 Å². The lowest BCUT2D eigenvalue weighted by Crippen LogP contribution is -2.41. The molecular formula is C18H26N4O2. The lowest BCUT2D eigenvalue weighted by molar-refractivity contribution is 0.0688. The summed E-state index contributed by atoms with van der Waals surface area (Å²) >= 11 is 0. The predicted octanol–water partition coefficient (Wildman–Crippen LogP) is 2.06. The van der Waals surface area contributed by atoms with Crippen molar-refractivity contribution < 1.29 is 9.59 Å². The maximum Gasteiger partial charge on any atom is 0.289 e. The van der Waals surface area contributed by atoms with E-state index in [1.165, 1.54) is 44.9 Å². The summed E-state index contributed by atoms with van der Waals surface area (Å²) in [5.74, 6) is 1.51. The molecule has 1 aromatic heterocycles. The van der Waals surface area contributed by atoms with Gasteiger partial charge >= 0.3 is 0 Å². The molecule has 1 aromatic rings. The molecule has 3 aliphatic rings. The SMILES string of the molecule is O=C(NCC1CCCCC1)c1cn2c(n1)C(=O)N(CC1CC1)CC2. The highest BCUT2D eigenvalue weighted by Gasteiger charge is 2.32. The Hall–Kier alpha value is -1.85. The highest BCUT2D eigenvalue weighted by Crippen LogP contribution is 2.30. The normalized spacial score (nSPS) is 21.7. The fraction of sp³-hybridized carbons (Fsp3) is 0.722. The number of imidazole rings is 1. The quantitative estimate of drug-likeness (QED) is 0.898. The largest absolute Gasteiger partial charge is 0.350 e. The van der Waals surface area contributed by atoms with Crippen molar-refractivity contribution in [1.82, 2.24) is 19.8 Å². The van der Waals surface area contributed by atoms with Crippen molar-refractivity contribution in [3.8, 4) is 0 Å². The summed E-state index contributed by atoms with van der Waals surface area (Å²) in [7, 11) is 0. The number of carbonyl (C=O) groups is 2. The van der Waals surface area contributed by atoms with Crippen molar-refractivity contribution in [3.05, 3.63) is 17.7 Å². The molecule has 0 unspecified atom stereocenters. The lowest BCUT2D eigenvalue weighted by Gasteiger charge is -2.27. The molecule has 2 saturated carbocycles. The van der Waals surface area contributed by atoms with Gasteiger partial charge in [-0.05, 0) is 37.5 Å². The predicted molar refractivity (Wildman–Crippen MR) is 89.8 cm³/mol. The van der Waals surface area contributed by atoms with Crippen molar-refractivity contribution in [3.63, 3.8) is 0 Å². The molecule has 0 aromatic carbocycles. The number of nitrogens with one attached hydrogen (secondary N) is 1. The van der Waals surface area contributed by atoms with E-state index in [-0.39, 0.29) is 11.8 Å². The summed E-state index contributed by atoms with van der Waals surface area (Å²) in [6.45, 7) is 3.02. The van der Waals surface area contributed by atoms with E-state index in [2.05, 4.69) is 10.3 Å². The number of nitrogens with zero attached hydrogens (tertiary/aromatic N) is 3. The second-order valence-electron chi connectivity index (χ2n) is 7.55. The smallest absolute Gasteiger partial charge is 0.289 e. The first-order valence-electron chi connectivity index (χ1n) is 9.35. The fourth-order valence-corrected chi connectivity index (χ4v) is 3.84. The first-order chi connectivity index (χ1) is 11.7. The molecule has 2 amide bonds. The van der Waals surface area contributed by atoms with Crippen molar-refractivity contribution >= 4 is 11.8 Å². The number of fused-ring (bicyclic) bond motifs is 1. The van der Waals surface area contributed by atoms with E-state index in [4.69, 9.17) is 0 Å².